The summed E-state index contributed by atoms with van der Waals surface area (Å²) >= 11 is 6.06. The Labute approximate surface area is 186 Å². The van der Waals surface area contributed by atoms with Crippen LogP contribution in [0.15, 0.2) is 48.5 Å². The SMILES string of the molecule is CCOC(=O)[C@H](OC)[C@@H](Cc1ccc(-c2cccc(Cl)c2)cc1)NC(=O)CCC(=O)O. The number of nitrogens with one attached hydrogen (secondary N) is 1. The summed E-state index contributed by atoms with van der Waals surface area (Å²) in [6.07, 6.45) is -1.23. The van der Waals surface area contributed by atoms with Crippen molar-refractivity contribution < 1.29 is 29.0 Å². The fourth-order valence-corrected chi connectivity index (χ4v) is 3.33. The van der Waals surface area contributed by atoms with Crippen LogP contribution in [0.3, 0.4) is 0 Å². The van der Waals surface area contributed by atoms with Crippen LogP contribution in [0, 0.1) is 0 Å². The molecule has 166 valence electrons. The van der Waals surface area contributed by atoms with Crippen molar-refractivity contribution in [1.29, 1.82) is 0 Å². The number of hydrogen-bond acceptors (Lipinski definition) is 5. The number of hydrogen-bond donors (Lipinski definition) is 2. The van der Waals surface area contributed by atoms with E-state index in [2.05, 4.69) is 5.32 Å². The molecule has 0 aliphatic rings. The minimum absolute atomic E-state index is 0.173. The van der Waals surface area contributed by atoms with Gasteiger partial charge in [-0.1, -0.05) is 48.0 Å². The van der Waals surface area contributed by atoms with E-state index < -0.39 is 30.0 Å². The van der Waals surface area contributed by atoms with Crippen molar-refractivity contribution in [2.24, 2.45) is 0 Å². The second kappa shape index (κ2) is 12.1. The standard InChI is InChI=1S/C23H26ClNO6/c1-3-31-23(29)22(30-2)19(25-20(26)11-12-21(27)28)13-15-7-9-16(10-8-15)17-5-4-6-18(24)14-17/h4-10,14,19,22H,3,11-13H2,1-2H3,(H,25,26)(H,27,28)/t19-,22-/m1/s1. The van der Waals surface area contributed by atoms with Crippen LogP contribution in [0.2, 0.25) is 5.02 Å². The zero-order valence-corrected chi connectivity index (χ0v) is 18.2. The van der Waals surface area contributed by atoms with Crippen molar-refractivity contribution in [3.63, 3.8) is 0 Å². The third kappa shape index (κ3) is 7.70. The van der Waals surface area contributed by atoms with Crippen molar-refractivity contribution in [3.8, 4) is 11.1 Å². The van der Waals surface area contributed by atoms with Crippen LogP contribution in [0.5, 0.6) is 0 Å². The van der Waals surface area contributed by atoms with Gasteiger partial charge in [0, 0.05) is 18.6 Å². The first-order valence-corrected chi connectivity index (χ1v) is 10.3. The normalized spacial score (nSPS) is 12.6. The average Bonchev–Trinajstić information content (AvgIpc) is 2.73. The van der Waals surface area contributed by atoms with Crippen molar-refractivity contribution in [2.75, 3.05) is 13.7 Å². The van der Waals surface area contributed by atoms with E-state index in [1.54, 1.807) is 13.0 Å². The molecule has 2 rings (SSSR count). The summed E-state index contributed by atoms with van der Waals surface area (Å²) in [7, 11) is 1.36. The van der Waals surface area contributed by atoms with Gasteiger partial charge in [0.1, 0.15) is 0 Å². The van der Waals surface area contributed by atoms with Gasteiger partial charge in [0.25, 0.3) is 0 Å². The van der Waals surface area contributed by atoms with Crippen LogP contribution >= 0.6 is 11.6 Å². The van der Waals surface area contributed by atoms with Crippen molar-refractivity contribution in [3.05, 3.63) is 59.1 Å². The van der Waals surface area contributed by atoms with E-state index in [0.29, 0.717) is 11.4 Å². The molecule has 0 unspecified atom stereocenters. The summed E-state index contributed by atoms with van der Waals surface area (Å²) in [6, 6.07) is 14.4. The van der Waals surface area contributed by atoms with Crippen LogP contribution in [-0.2, 0) is 30.3 Å². The fourth-order valence-electron chi connectivity index (χ4n) is 3.14. The number of carbonyl (C=O) groups is 3. The summed E-state index contributed by atoms with van der Waals surface area (Å²) in [5.41, 5.74) is 2.81. The van der Waals surface area contributed by atoms with Gasteiger partial charge >= 0.3 is 11.9 Å². The number of ether oxygens (including phenoxy) is 2. The van der Waals surface area contributed by atoms with Crippen LogP contribution in [-0.4, -0.2) is 48.8 Å². The van der Waals surface area contributed by atoms with E-state index in [1.165, 1.54) is 7.11 Å². The monoisotopic (exact) mass is 447 g/mol. The van der Waals surface area contributed by atoms with E-state index in [9.17, 15) is 14.4 Å². The van der Waals surface area contributed by atoms with Gasteiger partial charge in [-0.25, -0.2) is 4.79 Å². The summed E-state index contributed by atoms with van der Waals surface area (Å²) in [6.45, 7) is 1.85. The highest BCUT2D eigenvalue weighted by Gasteiger charge is 2.31. The summed E-state index contributed by atoms with van der Waals surface area (Å²) in [5, 5.41) is 12.2. The number of aliphatic carboxylic acids is 1. The molecule has 1 amide bonds. The van der Waals surface area contributed by atoms with Crippen molar-refractivity contribution in [2.45, 2.75) is 38.3 Å². The maximum absolute atomic E-state index is 12.3. The van der Waals surface area contributed by atoms with Gasteiger partial charge in [-0.05, 0) is 42.2 Å². The molecule has 2 atom stereocenters. The van der Waals surface area contributed by atoms with Crippen LogP contribution in [0.4, 0.5) is 0 Å². The van der Waals surface area contributed by atoms with Gasteiger partial charge in [-0.15, -0.1) is 0 Å². The van der Waals surface area contributed by atoms with Crippen molar-refractivity contribution >= 4 is 29.4 Å². The first-order chi connectivity index (χ1) is 14.8. The second-order valence-corrected chi connectivity index (χ2v) is 7.32. The first kappa shape index (κ1) is 24.4. The Hall–Kier alpha value is -2.90. The van der Waals surface area contributed by atoms with E-state index in [1.807, 2.05) is 42.5 Å². The number of esters is 1. The topological polar surface area (TPSA) is 102 Å². The number of benzene rings is 2. The number of amides is 1. The lowest BCUT2D eigenvalue weighted by molar-refractivity contribution is -0.157. The van der Waals surface area contributed by atoms with E-state index in [4.69, 9.17) is 26.2 Å². The number of carboxylic acids is 1. The third-order valence-electron chi connectivity index (χ3n) is 4.62. The molecule has 0 fully saturated rings. The minimum Gasteiger partial charge on any atom is -0.481 e. The molecule has 0 saturated carbocycles. The number of carboxylic acid groups (broad SMARTS) is 1. The summed E-state index contributed by atoms with van der Waals surface area (Å²) < 4.78 is 10.4. The molecular formula is C23H26ClNO6. The number of halogens is 1. The molecule has 0 bridgehead atoms. The molecule has 0 saturated heterocycles. The molecule has 0 aliphatic heterocycles. The molecule has 31 heavy (non-hydrogen) atoms. The van der Waals surface area contributed by atoms with E-state index >= 15 is 0 Å². The number of methoxy groups -OCH3 is 1. The molecule has 0 aromatic heterocycles. The highest BCUT2D eigenvalue weighted by Crippen LogP contribution is 2.23. The number of rotatable bonds is 11. The lowest BCUT2D eigenvalue weighted by Gasteiger charge is -2.25. The molecule has 0 heterocycles. The van der Waals surface area contributed by atoms with E-state index in [-0.39, 0.29) is 19.4 Å². The van der Waals surface area contributed by atoms with Gasteiger partial charge in [-0.3, -0.25) is 9.59 Å². The zero-order valence-electron chi connectivity index (χ0n) is 17.5. The van der Waals surface area contributed by atoms with Gasteiger partial charge < -0.3 is 19.9 Å². The Bertz CT molecular complexity index is 899. The Morgan fingerprint density at radius 1 is 1.06 bits per heavy atom. The summed E-state index contributed by atoms with van der Waals surface area (Å²) in [5.74, 6) is -2.14. The van der Waals surface area contributed by atoms with Crippen LogP contribution in [0.25, 0.3) is 11.1 Å². The molecule has 2 aromatic rings. The van der Waals surface area contributed by atoms with E-state index in [0.717, 1.165) is 16.7 Å². The van der Waals surface area contributed by atoms with Crippen LogP contribution in [0.1, 0.15) is 25.3 Å². The maximum atomic E-state index is 12.3. The molecule has 7 nitrogen and oxygen atoms in total. The quantitative estimate of drug-likeness (QED) is 0.511. The maximum Gasteiger partial charge on any atom is 0.337 e. The zero-order chi connectivity index (χ0) is 22.8. The number of carbonyl (C=O) groups excluding carboxylic acids is 2. The van der Waals surface area contributed by atoms with Gasteiger partial charge in [0.15, 0.2) is 6.10 Å². The molecule has 0 spiro atoms. The van der Waals surface area contributed by atoms with Gasteiger partial charge in [-0.2, -0.15) is 0 Å². The second-order valence-electron chi connectivity index (χ2n) is 6.89. The molecular weight excluding hydrogens is 422 g/mol. The lowest BCUT2D eigenvalue weighted by Crippen LogP contribution is -2.49. The third-order valence-corrected chi connectivity index (χ3v) is 4.85. The van der Waals surface area contributed by atoms with Gasteiger partial charge in [0.2, 0.25) is 5.91 Å². The lowest BCUT2D eigenvalue weighted by atomic mass is 9.98. The highest BCUT2D eigenvalue weighted by atomic mass is 35.5. The Morgan fingerprint density at radius 2 is 1.77 bits per heavy atom. The average molecular weight is 448 g/mol. The molecule has 2 N–H and O–H groups in total. The minimum atomic E-state index is -1.07. The highest BCUT2D eigenvalue weighted by molar-refractivity contribution is 6.30. The smallest absolute Gasteiger partial charge is 0.337 e. The summed E-state index contributed by atoms with van der Waals surface area (Å²) in [4.78, 5) is 35.3. The van der Waals surface area contributed by atoms with Crippen LogP contribution < -0.4 is 5.32 Å². The first-order valence-electron chi connectivity index (χ1n) is 9.89. The van der Waals surface area contributed by atoms with Crippen molar-refractivity contribution in [1.82, 2.24) is 5.32 Å². The largest absolute Gasteiger partial charge is 0.481 e. The fraction of sp³-hybridized carbons (Fsp3) is 0.348. The Morgan fingerprint density at radius 3 is 2.35 bits per heavy atom. The molecule has 0 radical (unpaired) electrons. The Kier molecular flexibility index (Phi) is 9.49. The molecule has 8 heteroatoms. The molecule has 2 aromatic carbocycles. The molecule has 0 aliphatic carbocycles. The Balaban J connectivity index is 2.19. The van der Waals surface area contributed by atoms with Gasteiger partial charge in [0.05, 0.1) is 19.1 Å². The predicted molar refractivity (Wildman–Crippen MR) is 117 cm³/mol. The predicted octanol–water partition coefficient (Wildman–Crippen LogP) is 3.48.